The first-order valence-corrected chi connectivity index (χ1v) is 7.75. The fraction of sp³-hybridized carbons (Fsp3) is 0.667. The lowest BCUT2D eigenvalue weighted by molar-refractivity contribution is -0.119. The van der Waals surface area contributed by atoms with Crippen molar-refractivity contribution in [3.05, 3.63) is 11.8 Å². The molecule has 122 valence electrons. The molecule has 0 radical (unpaired) electrons. The van der Waals surface area contributed by atoms with Crippen LogP contribution >= 0.6 is 0 Å². The minimum Gasteiger partial charge on any atom is -0.349 e. The predicted octanol–water partition coefficient (Wildman–Crippen LogP) is 0.840. The van der Waals surface area contributed by atoms with Gasteiger partial charge in [-0.3, -0.25) is 14.3 Å². The third kappa shape index (κ3) is 4.30. The highest BCUT2D eigenvalue weighted by molar-refractivity contribution is 5.96. The number of likely N-dealkylation sites (N-methyl/N-ethyl adjacent to an activating group) is 1. The van der Waals surface area contributed by atoms with Crippen molar-refractivity contribution >= 4 is 17.6 Å². The molecule has 1 aliphatic rings. The maximum Gasteiger partial charge on any atom is 0.271 e. The Hall–Kier alpha value is -1.89. The third-order valence-corrected chi connectivity index (χ3v) is 3.93. The van der Waals surface area contributed by atoms with Gasteiger partial charge in [-0.15, -0.1) is 0 Å². The van der Waals surface area contributed by atoms with Gasteiger partial charge in [0.2, 0.25) is 5.91 Å². The average molecular weight is 307 g/mol. The smallest absolute Gasteiger partial charge is 0.271 e. The van der Waals surface area contributed by atoms with Crippen LogP contribution < -0.4 is 10.6 Å². The molecule has 1 aromatic heterocycles. The van der Waals surface area contributed by atoms with Crippen molar-refractivity contribution in [2.24, 2.45) is 13.0 Å². The van der Waals surface area contributed by atoms with Crippen LogP contribution in [0.1, 0.15) is 36.2 Å². The highest BCUT2D eigenvalue weighted by Crippen LogP contribution is 2.26. The molecule has 0 aromatic carbocycles. The number of anilines is 1. The first-order chi connectivity index (χ1) is 10.5. The fourth-order valence-electron chi connectivity index (χ4n) is 2.60. The first-order valence-electron chi connectivity index (χ1n) is 7.75. The molecule has 2 N–H and O–H groups in total. The Morgan fingerprint density at radius 2 is 2.05 bits per heavy atom. The summed E-state index contributed by atoms with van der Waals surface area (Å²) in [6.07, 6.45) is 4.12. The number of aromatic nitrogens is 2. The summed E-state index contributed by atoms with van der Waals surface area (Å²) in [5.41, 5.74) is 0.322. The summed E-state index contributed by atoms with van der Waals surface area (Å²) >= 11 is 0. The molecule has 7 heteroatoms. The van der Waals surface area contributed by atoms with Crippen molar-refractivity contribution in [2.45, 2.75) is 25.7 Å². The van der Waals surface area contributed by atoms with Crippen LogP contribution in [0.2, 0.25) is 0 Å². The van der Waals surface area contributed by atoms with Gasteiger partial charge in [-0.05, 0) is 26.9 Å². The second-order valence-corrected chi connectivity index (χ2v) is 6.07. The number of carbonyl (C=O) groups is 2. The molecule has 1 aromatic rings. The molecule has 0 atom stereocenters. The van der Waals surface area contributed by atoms with Gasteiger partial charge in [0.1, 0.15) is 5.82 Å². The van der Waals surface area contributed by atoms with E-state index >= 15 is 0 Å². The van der Waals surface area contributed by atoms with E-state index in [4.69, 9.17) is 0 Å². The first kappa shape index (κ1) is 16.5. The number of carbonyl (C=O) groups excluding carboxylic acids is 2. The van der Waals surface area contributed by atoms with Crippen molar-refractivity contribution in [1.29, 1.82) is 0 Å². The summed E-state index contributed by atoms with van der Waals surface area (Å²) in [7, 11) is 5.62. The Morgan fingerprint density at radius 1 is 1.36 bits per heavy atom. The monoisotopic (exact) mass is 307 g/mol. The molecule has 1 fully saturated rings. The van der Waals surface area contributed by atoms with Crippen LogP contribution in [0, 0.1) is 5.92 Å². The van der Waals surface area contributed by atoms with E-state index in [0.717, 1.165) is 32.2 Å². The number of nitrogens with zero attached hydrogens (tertiary/aromatic N) is 3. The molecule has 1 aliphatic carbocycles. The topological polar surface area (TPSA) is 79.3 Å². The van der Waals surface area contributed by atoms with Gasteiger partial charge in [0.05, 0.1) is 0 Å². The lowest BCUT2D eigenvalue weighted by Gasteiger charge is -2.09. The van der Waals surface area contributed by atoms with E-state index < -0.39 is 0 Å². The lowest BCUT2D eigenvalue weighted by Crippen LogP contribution is -2.31. The zero-order chi connectivity index (χ0) is 16.1. The van der Waals surface area contributed by atoms with E-state index in [2.05, 4.69) is 15.7 Å². The molecule has 0 unspecified atom stereocenters. The molecule has 0 bridgehead atoms. The number of aryl methyl sites for hydroxylation is 1. The summed E-state index contributed by atoms with van der Waals surface area (Å²) in [6, 6.07) is 1.62. The van der Waals surface area contributed by atoms with Crippen LogP contribution in [-0.4, -0.2) is 53.7 Å². The van der Waals surface area contributed by atoms with Gasteiger partial charge in [0.25, 0.3) is 5.91 Å². The summed E-state index contributed by atoms with van der Waals surface area (Å²) < 4.78 is 1.54. The van der Waals surface area contributed by atoms with Crippen LogP contribution in [0.3, 0.4) is 0 Å². The van der Waals surface area contributed by atoms with Crippen molar-refractivity contribution in [3.8, 4) is 0 Å². The summed E-state index contributed by atoms with van der Waals surface area (Å²) in [6.45, 7) is 1.33. The van der Waals surface area contributed by atoms with Crippen LogP contribution in [0.5, 0.6) is 0 Å². The van der Waals surface area contributed by atoms with Gasteiger partial charge in [0, 0.05) is 32.1 Å². The second kappa shape index (κ2) is 7.40. The quantitative estimate of drug-likeness (QED) is 0.816. The van der Waals surface area contributed by atoms with Gasteiger partial charge in [-0.2, -0.15) is 5.10 Å². The van der Waals surface area contributed by atoms with Crippen molar-refractivity contribution in [1.82, 2.24) is 20.0 Å². The van der Waals surface area contributed by atoms with Gasteiger partial charge in [0.15, 0.2) is 5.69 Å². The molecule has 7 nitrogen and oxygen atoms in total. The molecule has 0 aliphatic heterocycles. The number of amides is 2. The molecule has 2 rings (SSSR count). The van der Waals surface area contributed by atoms with Gasteiger partial charge in [-0.25, -0.2) is 0 Å². The maximum atomic E-state index is 12.1. The second-order valence-electron chi connectivity index (χ2n) is 6.07. The van der Waals surface area contributed by atoms with E-state index in [1.165, 1.54) is 4.68 Å². The molecule has 0 spiro atoms. The fourth-order valence-corrected chi connectivity index (χ4v) is 2.60. The largest absolute Gasteiger partial charge is 0.349 e. The van der Waals surface area contributed by atoms with Crippen LogP contribution in [0.15, 0.2) is 6.07 Å². The molecule has 22 heavy (non-hydrogen) atoms. The number of nitrogens with one attached hydrogen (secondary N) is 2. The normalized spacial score (nSPS) is 15.3. The standard InChI is InChI=1S/C15H25N5O2/c1-19(2)9-8-16-15(22)12-10-13(20(3)18-12)17-14(21)11-6-4-5-7-11/h10-11H,4-9H2,1-3H3,(H,16,22)(H,17,21). The Balaban J connectivity index is 1.92. The maximum absolute atomic E-state index is 12.1. The minimum absolute atomic E-state index is 0.0278. The van der Waals surface area contributed by atoms with E-state index in [-0.39, 0.29) is 17.7 Å². The average Bonchev–Trinajstić information content (AvgIpc) is 3.09. The summed E-state index contributed by atoms with van der Waals surface area (Å²) in [5.74, 6) is 0.459. The Bertz CT molecular complexity index is 532. The van der Waals surface area contributed by atoms with Gasteiger partial charge < -0.3 is 15.5 Å². The van der Waals surface area contributed by atoms with E-state index in [1.54, 1.807) is 13.1 Å². The van der Waals surface area contributed by atoms with E-state index in [0.29, 0.717) is 18.1 Å². The van der Waals surface area contributed by atoms with E-state index in [9.17, 15) is 9.59 Å². The van der Waals surface area contributed by atoms with Crippen molar-refractivity contribution < 1.29 is 9.59 Å². The van der Waals surface area contributed by atoms with E-state index in [1.807, 2.05) is 19.0 Å². The SMILES string of the molecule is CN(C)CCNC(=O)c1cc(NC(=O)C2CCCC2)n(C)n1. The Morgan fingerprint density at radius 3 is 2.68 bits per heavy atom. The Kier molecular flexibility index (Phi) is 5.54. The summed E-state index contributed by atoms with van der Waals surface area (Å²) in [4.78, 5) is 26.1. The predicted molar refractivity (Wildman–Crippen MR) is 84.7 cm³/mol. The Labute approximate surface area is 131 Å². The highest BCUT2D eigenvalue weighted by atomic mass is 16.2. The van der Waals surface area contributed by atoms with Gasteiger partial charge in [-0.1, -0.05) is 12.8 Å². The molecular weight excluding hydrogens is 282 g/mol. The molecule has 2 amide bonds. The zero-order valence-corrected chi connectivity index (χ0v) is 13.6. The van der Waals surface area contributed by atoms with Crippen molar-refractivity contribution in [2.75, 3.05) is 32.5 Å². The number of hydrogen-bond donors (Lipinski definition) is 2. The van der Waals surface area contributed by atoms with Crippen LogP contribution in [0.25, 0.3) is 0 Å². The number of hydrogen-bond acceptors (Lipinski definition) is 4. The van der Waals surface area contributed by atoms with Crippen LogP contribution in [0.4, 0.5) is 5.82 Å². The molecular formula is C15H25N5O2. The molecule has 1 saturated carbocycles. The molecule has 1 heterocycles. The third-order valence-electron chi connectivity index (χ3n) is 3.93. The van der Waals surface area contributed by atoms with Crippen LogP contribution in [-0.2, 0) is 11.8 Å². The highest BCUT2D eigenvalue weighted by Gasteiger charge is 2.24. The van der Waals surface area contributed by atoms with Crippen molar-refractivity contribution in [3.63, 3.8) is 0 Å². The minimum atomic E-state index is -0.223. The molecule has 0 saturated heterocycles. The zero-order valence-electron chi connectivity index (χ0n) is 13.6. The number of rotatable bonds is 6. The van der Waals surface area contributed by atoms with Gasteiger partial charge >= 0.3 is 0 Å². The lowest BCUT2D eigenvalue weighted by atomic mass is 10.1. The summed E-state index contributed by atoms with van der Waals surface area (Å²) in [5, 5.41) is 9.85.